The number of nitrogens with one attached hydrogen (secondary N) is 1. The van der Waals surface area contributed by atoms with Crippen molar-refractivity contribution in [3.63, 3.8) is 0 Å². The number of halogens is 2. The first-order chi connectivity index (χ1) is 9.49. The molecule has 2 aromatic rings. The van der Waals surface area contributed by atoms with Gasteiger partial charge in [-0.2, -0.15) is 0 Å². The summed E-state index contributed by atoms with van der Waals surface area (Å²) >= 11 is 8.22. The van der Waals surface area contributed by atoms with Crippen LogP contribution in [-0.2, 0) is 6.42 Å². The van der Waals surface area contributed by atoms with Crippen LogP contribution in [0.3, 0.4) is 0 Å². The Labute approximate surface area is 138 Å². The third kappa shape index (κ3) is 3.67. The van der Waals surface area contributed by atoms with Crippen LogP contribution in [0.15, 0.2) is 20.0 Å². The van der Waals surface area contributed by atoms with Crippen molar-refractivity contribution in [3.05, 3.63) is 31.4 Å². The number of hydrogen-bond acceptors (Lipinski definition) is 4. The highest BCUT2D eigenvalue weighted by Gasteiger charge is 2.14. The second-order valence-electron chi connectivity index (χ2n) is 4.49. The summed E-state index contributed by atoms with van der Waals surface area (Å²) in [6.07, 6.45) is 2.38. The summed E-state index contributed by atoms with van der Waals surface area (Å²) in [4.78, 5) is 12.0. The fraction of sp³-hybridized carbons (Fsp3) is 0.417. The summed E-state index contributed by atoms with van der Waals surface area (Å²) in [6, 6.07) is 2.12. The van der Waals surface area contributed by atoms with Crippen molar-refractivity contribution in [2.24, 2.45) is 0 Å². The van der Waals surface area contributed by atoms with Gasteiger partial charge in [-0.3, -0.25) is 4.79 Å². The highest BCUT2D eigenvalue weighted by atomic mass is 79.9. The van der Waals surface area contributed by atoms with Crippen LogP contribution in [0.4, 0.5) is 0 Å². The molecular weight excluding hydrogens is 408 g/mol. The molecule has 20 heavy (non-hydrogen) atoms. The lowest BCUT2D eigenvalue weighted by Gasteiger charge is -2.10. The number of amides is 1. The Morgan fingerprint density at radius 3 is 2.85 bits per heavy atom. The van der Waals surface area contributed by atoms with Gasteiger partial charge in [0.25, 0.3) is 5.91 Å². The molecule has 2 rings (SSSR count). The van der Waals surface area contributed by atoms with E-state index in [1.807, 2.05) is 4.57 Å². The second-order valence-corrected chi connectivity index (χ2v) is 8.24. The Morgan fingerprint density at radius 1 is 1.50 bits per heavy atom. The van der Waals surface area contributed by atoms with Gasteiger partial charge in [0.1, 0.15) is 12.2 Å². The van der Waals surface area contributed by atoms with Crippen LogP contribution < -0.4 is 5.32 Å². The fourth-order valence-corrected chi connectivity index (χ4v) is 4.55. The van der Waals surface area contributed by atoms with E-state index in [0.29, 0.717) is 24.6 Å². The van der Waals surface area contributed by atoms with Gasteiger partial charge in [0.05, 0.1) is 13.1 Å². The highest BCUT2D eigenvalue weighted by Crippen LogP contribution is 2.31. The third-order valence-corrected chi connectivity index (χ3v) is 5.08. The Kier molecular flexibility index (Phi) is 5.34. The zero-order chi connectivity index (χ0) is 14.7. The molecule has 0 radical (unpaired) electrons. The molecule has 0 aliphatic carbocycles. The van der Waals surface area contributed by atoms with Crippen molar-refractivity contribution in [1.29, 1.82) is 0 Å². The van der Waals surface area contributed by atoms with Gasteiger partial charge in [-0.25, -0.2) is 0 Å². The minimum atomic E-state index is -0.0885. The molecule has 0 aliphatic heterocycles. The zero-order valence-electron chi connectivity index (χ0n) is 11.1. The van der Waals surface area contributed by atoms with E-state index in [4.69, 9.17) is 0 Å². The summed E-state index contributed by atoms with van der Waals surface area (Å²) in [5.41, 5.74) is 0.646. The Balaban J connectivity index is 1.91. The van der Waals surface area contributed by atoms with E-state index in [0.717, 1.165) is 13.4 Å². The van der Waals surface area contributed by atoms with Crippen molar-refractivity contribution in [1.82, 2.24) is 20.1 Å². The van der Waals surface area contributed by atoms with Crippen molar-refractivity contribution in [2.75, 3.05) is 6.54 Å². The molecule has 1 amide bonds. The molecule has 8 heteroatoms. The molecule has 0 spiro atoms. The maximum Gasteiger partial charge on any atom is 0.253 e. The summed E-state index contributed by atoms with van der Waals surface area (Å²) in [6.45, 7) is 4.68. The van der Waals surface area contributed by atoms with Gasteiger partial charge in [0.15, 0.2) is 0 Å². The Morgan fingerprint density at radius 2 is 2.25 bits per heavy atom. The molecule has 0 unspecified atom stereocenters. The van der Waals surface area contributed by atoms with Crippen molar-refractivity contribution >= 4 is 49.1 Å². The van der Waals surface area contributed by atoms with Crippen molar-refractivity contribution < 1.29 is 4.79 Å². The number of aromatic nitrogens is 3. The van der Waals surface area contributed by atoms with Crippen LogP contribution >= 0.6 is 43.2 Å². The van der Waals surface area contributed by atoms with Gasteiger partial charge in [0.2, 0.25) is 0 Å². The molecule has 0 atom stereocenters. The van der Waals surface area contributed by atoms with Crippen LogP contribution in [0.2, 0.25) is 0 Å². The van der Waals surface area contributed by atoms with Gasteiger partial charge < -0.3 is 9.88 Å². The van der Waals surface area contributed by atoms with Crippen LogP contribution in [0.1, 0.15) is 36.1 Å². The monoisotopic (exact) mass is 420 g/mol. The molecule has 0 saturated heterocycles. The molecule has 108 valence electrons. The van der Waals surface area contributed by atoms with E-state index in [2.05, 4.69) is 61.2 Å². The molecule has 0 aliphatic rings. The van der Waals surface area contributed by atoms with E-state index in [1.54, 1.807) is 12.4 Å². The smallest absolute Gasteiger partial charge is 0.253 e. The van der Waals surface area contributed by atoms with E-state index in [1.165, 1.54) is 11.3 Å². The SMILES string of the molecule is CC(C)n1cnnc1CCNC(=O)c1cc(Br)sc1Br. The van der Waals surface area contributed by atoms with Crippen LogP contribution in [0.25, 0.3) is 0 Å². The molecule has 0 saturated carbocycles. The van der Waals surface area contributed by atoms with Gasteiger partial charge in [-0.05, 0) is 51.8 Å². The molecule has 0 bridgehead atoms. The summed E-state index contributed by atoms with van der Waals surface area (Å²) in [7, 11) is 0. The van der Waals surface area contributed by atoms with Gasteiger partial charge >= 0.3 is 0 Å². The normalized spacial score (nSPS) is 11.1. The summed E-state index contributed by atoms with van der Waals surface area (Å²) < 4.78 is 3.75. The molecule has 0 aromatic carbocycles. The van der Waals surface area contributed by atoms with E-state index in [9.17, 15) is 4.79 Å². The predicted octanol–water partition coefficient (Wildman–Crippen LogP) is 3.42. The van der Waals surface area contributed by atoms with Gasteiger partial charge in [0, 0.05) is 19.0 Å². The standard InChI is InChI=1S/C12H14Br2N4OS/c1-7(2)18-6-16-17-10(18)3-4-15-12(19)8-5-9(13)20-11(8)14/h5-7H,3-4H2,1-2H3,(H,15,19). The number of hydrogen-bond donors (Lipinski definition) is 1. The van der Waals surface area contributed by atoms with Crippen molar-refractivity contribution in [3.8, 4) is 0 Å². The van der Waals surface area contributed by atoms with E-state index < -0.39 is 0 Å². The minimum absolute atomic E-state index is 0.0885. The molecule has 0 fully saturated rings. The lowest BCUT2D eigenvalue weighted by molar-refractivity contribution is 0.0953. The lowest BCUT2D eigenvalue weighted by atomic mass is 10.3. The molecule has 2 heterocycles. The van der Waals surface area contributed by atoms with Crippen LogP contribution in [0, 0.1) is 0 Å². The lowest BCUT2D eigenvalue weighted by Crippen LogP contribution is -2.26. The topological polar surface area (TPSA) is 59.8 Å². The summed E-state index contributed by atoms with van der Waals surface area (Å²) in [5, 5.41) is 10.9. The molecular formula is C12H14Br2N4OS. The zero-order valence-corrected chi connectivity index (χ0v) is 15.0. The van der Waals surface area contributed by atoms with Crippen molar-refractivity contribution in [2.45, 2.75) is 26.3 Å². The highest BCUT2D eigenvalue weighted by molar-refractivity contribution is 9.12. The average molecular weight is 422 g/mol. The van der Waals surface area contributed by atoms with Gasteiger partial charge in [-0.1, -0.05) is 0 Å². The number of carbonyl (C=O) groups excluding carboxylic acids is 1. The minimum Gasteiger partial charge on any atom is -0.352 e. The van der Waals surface area contributed by atoms with Crippen LogP contribution in [0.5, 0.6) is 0 Å². The third-order valence-electron chi connectivity index (χ3n) is 2.74. The van der Waals surface area contributed by atoms with Gasteiger partial charge in [-0.15, -0.1) is 21.5 Å². The fourth-order valence-electron chi connectivity index (χ4n) is 1.75. The first-order valence-electron chi connectivity index (χ1n) is 6.10. The van der Waals surface area contributed by atoms with E-state index in [-0.39, 0.29) is 5.91 Å². The summed E-state index contributed by atoms with van der Waals surface area (Å²) in [5.74, 6) is 0.792. The maximum atomic E-state index is 12.0. The second kappa shape index (κ2) is 6.82. The molecule has 1 N–H and O–H groups in total. The number of carbonyl (C=O) groups is 1. The van der Waals surface area contributed by atoms with Crippen LogP contribution in [-0.4, -0.2) is 27.2 Å². The largest absolute Gasteiger partial charge is 0.352 e. The number of nitrogens with zero attached hydrogens (tertiary/aromatic N) is 3. The first kappa shape index (κ1) is 15.7. The Bertz CT molecular complexity index is 608. The number of rotatable bonds is 5. The average Bonchev–Trinajstić information content (AvgIpc) is 2.95. The molecule has 2 aromatic heterocycles. The maximum absolute atomic E-state index is 12.0. The quantitative estimate of drug-likeness (QED) is 0.804. The predicted molar refractivity (Wildman–Crippen MR) is 86.2 cm³/mol. The first-order valence-corrected chi connectivity index (χ1v) is 8.50. The molecule has 5 nitrogen and oxygen atoms in total. The Hall–Kier alpha value is -0.730. The van der Waals surface area contributed by atoms with E-state index >= 15 is 0 Å². The number of thiophene rings is 1.